The maximum atomic E-state index is 12.1. The highest BCUT2D eigenvalue weighted by atomic mass is 35.5. The number of rotatable bonds is 9. The van der Waals surface area contributed by atoms with E-state index in [-0.39, 0.29) is 30.8 Å². The molecule has 1 atom stereocenters. The molecular formula is C17H26ClN3O4. The monoisotopic (exact) mass is 371 g/mol. The molecule has 2 amide bonds. The van der Waals surface area contributed by atoms with E-state index in [9.17, 15) is 14.4 Å². The van der Waals surface area contributed by atoms with E-state index in [4.69, 9.17) is 4.74 Å². The second kappa shape index (κ2) is 12.3. The minimum absolute atomic E-state index is 0. The highest BCUT2D eigenvalue weighted by Gasteiger charge is 2.17. The Morgan fingerprint density at radius 2 is 1.80 bits per heavy atom. The van der Waals surface area contributed by atoms with Gasteiger partial charge in [-0.2, -0.15) is 0 Å². The van der Waals surface area contributed by atoms with Crippen molar-refractivity contribution >= 4 is 35.9 Å². The van der Waals surface area contributed by atoms with Crippen molar-refractivity contribution in [1.82, 2.24) is 10.6 Å². The number of esters is 1. The van der Waals surface area contributed by atoms with Gasteiger partial charge in [0.15, 0.2) is 0 Å². The second-order valence-corrected chi connectivity index (χ2v) is 5.28. The topological polar surface area (TPSA) is 96.5 Å². The van der Waals surface area contributed by atoms with Gasteiger partial charge in [-0.05, 0) is 58.1 Å². The molecule has 0 aromatic heterocycles. The molecule has 0 aliphatic rings. The van der Waals surface area contributed by atoms with Gasteiger partial charge >= 0.3 is 5.97 Å². The summed E-state index contributed by atoms with van der Waals surface area (Å²) in [6.45, 7) is 4.32. The lowest BCUT2D eigenvalue weighted by atomic mass is 10.1. The van der Waals surface area contributed by atoms with E-state index in [2.05, 4.69) is 16.0 Å². The Morgan fingerprint density at radius 3 is 2.36 bits per heavy atom. The average molecular weight is 372 g/mol. The Balaban J connectivity index is 0.00000576. The van der Waals surface area contributed by atoms with Crippen LogP contribution in [0.1, 0.15) is 37.0 Å². The van der Waals surface area contributed by atoms with E-state index in [1.54, 1.807) is 38.1 Å². The molecule has 0 aliphatic carbocycles. The number of hydrogen-bond acceptors (Lipinski definition) is 5. The van der Waals surface area contributed by atoms with Crippen LogP contribution in [0.3, 0.4) is 0 Å². The van der Waals surface area contributed by atoms with Gasteiger partial charge in [0.25, 0.3) is 5.91 Å². The molecular weight excluding hydrogens is 346 g/mol. The van der Waals surface area contributed by atoms with E-state index < -0.39 is 12.0 Å². The molecule has 0 aliphatic heterocycles. The Morgan fingerprint density at radius 1 is 1.16 bits per heavy atom. The number of carbonyl (C=O) groups is 3. The molecule has 0 saturated heterocycles. The first-order valence-corrected chi connectivity index (χ1v) is 8.00. The van der Waals surface area contributed by atoms with Crippen molar-refractivity contribution in [2.45, 2.75) is 32.7 Å². The van der Waals surface area contributed by atoms with Crippen LogP contribution in [0, 0.1) is 0 Å². The van der Waals surface area contributed by atoms with Crippen molar-refractivity contribution < 1.29 is 19.1 Å². The second-order valence-electron chi connectivity index (χ2n) is 5.28. The summed E-state index contributed by atoms with van der Waals surface area (Å²) in [5, 5.41) is 8.32. The summed E-state index contributed by atoms with van der Waals surface area (Å²) in [7, 11) is 1.84. The Kier molecular flexibility index (Phi) is 11.2. The van der Waals surface area contributed by atoms with Crippen molar-refractivity contribution in [3.05, 3.63) is 29.8 Å². The highest BCUT2D eigenvalue weighted by Crippen LogP contribution is 2.10. The van der Waals surface area contributed by atoms with Crippen molar-refractivity contribution in [1.29, 1.82) is 0 Å². The van der Waals surface area contributed by atoms with E-state index in [0.717, 1.165) is 13.0 Å². The van der Waals surface area contributed by atoms with Gasteiger partial charge in [-0.25, -0.2) is 4.79 Å². The summed E-state index contributed by atoms with van der Waals surface area (Å²) in [6.07, 6.45) is 1.19. The third-order valence-electron chi connectivity index (χ3n) is 3.25. The van der Waals surface area contributed by atoms with Gasteiger partial charge in [-0.3, -0.25) is 9.59 Å². The number of halogens is 1. The number of nitrogens with one attached hydrogen (secondary N) is 3. The third-order valence-corrected chi connectivity index (χ3v) is 3.25. The lowest BCUT2D eigenvalue weighted by Crippen LogP contribution is -2.39. The molecule has 1 unspecified atom stereocenters. The number of hydrogen-bond donors (Lipinski definition) is 3. The predicted molar refractivity (Wildman–Crippen MR) is 99.0 cm³/mol. The summed E-state index contributed by atoms with van der Waals surface area (Å²) in [5.41, 5.74) is 1.03. The van der Waals surface area contributed by atoms with Gasteiger partial charge in [0, 0.05) is 17.7 Å². The molecule has 1 aromatic carbocycles. The van der Waals surface area contributed by atoms with Crippen LogP contribution in [-0.2, 0) is 14.3 Å². The van der Waals surface area contributed by atoms with Crippen molar-refractivity contribution in [2.75, 3.05) is 25.5 Å². The van der Waals surface area contributed by atoms with Crippen LogP contribution in [0.15, 0.2) is 24.3 Å². The lowest BCUT2D eigenvalue weighted by molar-refractivity contribution is -0.144. The summed E-state index contributed by atoms with van der Waals surface area (Å²) in [5.74, 6) is -0.919. The maximum Gasteiger partial charge on any atom is 0.328 e. The van der Waals surface area contributed by atoms with Gasteiger partial charge in [0.2, 0.25) is 5.91 Å². The zero-order chi connectivity index (χ0) is 17.9. The SMILES string of the molecule is CCOC(=O)C(C)NC(=O)c1ccc(NC(=O)CCCNC)cc1.Cl. The largest absolute Gasteiger partial charge is 0.464 e. The molecule has 0 spiro atoms. The number of ether oxygens (including phenoxy) is 1. The number of benzene rings is 1. The first kappa shape index (κ1) is 22.9. The van der Waals surface area contributed by atoms with Gasteiger partial charge in [-0.1, -0.05) is 0 Å². The van der Waals surface area contributed by atoms with E-state index >= 15 is 0 Å². The lowest BCUT2D eigenvalue weighted by Gasteiger charge is -2.13. The Labute approximate surface area is 154 Å². The molecule has 7 nitrogen and oxygen atoms in total. The Hall–Kier alpha value is -2.12. The van der Waals surface area contributed by atoms with Crippen LogP contribution in [0.25, 0.3) is 0 Å². The molecule has 1 rings (SSSR count). The smallest absolute Gasteiger partial charge is 0.328 e. The first-order valence-electron chi connectivity index (χ1n) is 8.00. The van der Waals surface area contributed by atoms with Gasteiger partial charge < -0.3 is 20.7 Å². The number of carbonyl (C=O) groups excluding carboxylic acids is 3. The van der Waals surface area contributed by atoms with E-state index in [1.807, 2.05) is 7.05 Å². The molecule has 1 aromatic rings. The molecule has 0 fully saturated rings. The minimum Gasteiger partial charge on any atom is -0.464 e. The zero-order valence-corrected chi connectivity index (χ0v) is 15.6. The van der Waals surface area contributed by atoms with Gasteiger partial charge in [0.05, 0.1) is 6.61 Å². The van der Waals surface area contributed by atoms with E-state index in [0.29, 0.717) is 17.7 Å². The normalized spacial score (nSPS) is 11.0. The fourth-order valence-electron chi connectivity index (χ4n) is 1.96. The fourth-order valence-corrected chi connectivity index (χ4v) is 1.96. The number of anilines is 1. The minimum atomic E-state index is -0.719. The molecule has 140 valence electrons. The van der Waals surface area contributed by atoms with Crippen molar-refractivity contribution in [3.63, 3.8) is 0 Å². The van der Waals surface area contributed by atoms with Crippen LogP contribution in [-0.4, -0.2) is 44.0 Å². The molecule has 8 heteroatoms. The van der Waals surface area contributed by atoms with E-state index in [1.165, 1.54) is 0 Å². The maximum absolute atomic E-state index is 12.1. The molecule has 3 N–H and O–H groups in total. The number of amides is 2. The van der Waals surface area contributed by atoms with Gasteiger partial charge in [-0.15, -0.1) is 12.4 Å². The van der Waals surface area contributed by atoms with Crippen LogP contribution in [0.5, 0.6) is 0 Å². The van der Waals surface area contributed by atoms with Crippen molar-refractivity contribution in [2.24, 2.45) is 0 Å². The Bertz CT molecular complexity index is 564. The fraction of sp³-hybridized carbons (Fsp3) is 0.471. The summed E-state index contributed by atoms with van der Waals surface area (Å²) >= 11 is 0. The van der Waals surface area contributed by atoms with Crippen LogP contribution >= 0.6 is 12.4 Å². The molecule has 25 heavy (non-hydrogen) atoms. The van der Waals surface area contributed by atoms with Crippen molar-refractivity contribution in [3.8, 4) is 0 Å². The average Bonchev–Trinajstić information content (AvgIpc) is 2.55. The summed E-state index contributed by atoms with van der Waals surface area (Å²) in [6, 6.07) is 5.77. The third kappa shape index (κ3) is 8.51. The van der Waals surface area contributed by atoms with Gasteiger partial charge in [0.1, 0.15) is 6.04 Å². The van der Waals surface area contributed by atoms with Crippen LogP contribution in [0.2, 0.25) is 0 Å². The molecule has 0 radical (unpaired) electrons. The molecule has 0 saturated carbocycles. The standard InChI is InChI=1S/C17H25N3O4.ClH/c1-4-24-17(23)12(2)19-16(22)13-7-9-14(10-8-13)20-15(21)6-5-11-18-3;/h7-10,12,18H,4-6,11H2,1-3H3,(H,19,22)(H,20,21);1H. The van der Waals surface area contributed by atoms with Crippen LogP contribution in [0.4, 0.5) is 5.69 Å². The molecule has 0 bridgehead atoms. The summed E-state index contributed by atoms with van der Waals surface area (Å²) < 4.78 is 4.84. The summed E-state index contributed by atoms with van der Waals surface area (Å²) in [4.78, 5) is 35.3. The first-order chi connectivity index (χ1) is 11.5. The zero-order valence-electron chi connectivity index (χ0n) is 14.8. The predicted octanol–water partition coefficient (Wildman–Crippen LogP) is 1.73. The molecule has 0 heterocycles. The highest BCUT2D eigenvalue weighted by molar-refractivity contribution is 5.97. The quantitative estimate of drug-likeness (QED) is 0.453. The van der Waals surface area contributed by atoms with Crippen LogP contribution < -0.4 is 16.0 Å².